The number of rotatable bonds is 10. The van der Waals surface area contributed by atoms with Gasteiger partial charge in [0.15, 0.2) is 5.96 Å². The second-order valence-electron chi connectivity index (χ2n) is 5.93. The van der Waals surface area contributed by atoms with E-state index in [1.807, 2.05) is 31.3 Å². The second kappa shape index (κ2) is 13.4. The van der Waals surface area contributed by atoms with Crippen molar-refractivity contribution in [1.82, 2.24) is 10.2 Å². The van der Waals surface area contributed by atoms with Gasteiger partial charge in [0, 0.05) is 33.3 Å². The van der Waals surface area contributed by atoms with Crippen molar-refractivity contribution in [3.05, 3.63) is 54.0 Å². The van der Waals surface area contributed by atoms with Gasteiger partial charge in [-0.2, -0.15) is 0 Å². The summed E-state index contributed by atoms with van der Waals surface area (Å²) in [4.78, 5) is 6.80. The molecule has 1 aromatic carbocycles. The fourth-order valence-electron chi connectivity index (χ4n) is 2.47. The van der Waals surface area contributed by atoms with Gasteiger partial charge in [-0.1, -0.05) is 12.1 Å². The van der Waals surface area contributed by atoms with E-state index in [0.717, 1.165) is 37.0 Å². The number of hydrogen-bond acceptors (Lipinski definition) is 4. The highest BCUT2D eigenvalue weighted by atomic mass is 127. The lowest BCUT2D eigenvalue weighted by Gasteiger charge is -2.22. The Morgan fingerprint density at radius 2 is 2.00 bits per heavy atom. The first-order chi connectivity index (χ1) is 12.7. The van der Waals surface area contributed by atoms with Crippen molar-refractivity contribution in [3.63, 3.8) is 0 Å². The molecule has 0 amide bonds. The molecule has 0 saturated heterocycles. The Hall–Kier alpha value is -1.74. The fraction of sp³-hybridized carbons (Fsp3) is 0.450. The molecule has 0 atom stereocenters. The van der Waals surface area contributed by atoms with Crippen LogP contribution < -0.4 is 10.1 Å². The Bertz CT molecular complexity index is 645. The maximum absolute atomic E-state index is 5.59. The van der Waals surface area contributed by atoms with Crippen LogP contribution in [0.2, 0.25) is 0 Å². The molecular formula is C20H30IN3O3. The fourth-order valence-corrected chi connectivity index (χ4v) is 2.47. The van der Waals surface area contributed by atoms with Crippen LogP contribution in [0.3, 0.4) is 0 Å². The average Bonchev–Trinajstić information content (AvgIpc) is 3.17. The van der Waals surface area contributed by atoms with Crippen LogP contribution in [0.15, 0.2) is 52.1 Å². The molecule has 1 heterocycles. The van der Waals surface area contributed by atoms with Crippen molar-refractivity contribution in [2.24, 2.45) is 4.99 Å². The Morgan fingerprint density at radius 1 is 1.22 bits per heavy atom. The molecule has 0 radical (unpaired) electrons. The van der Waals surface area contributed by atoms with Crippen molar-refractivity contribution >= 4 is 29.9 Å². The molecule has 1 N–H and O–H groups in total. The molecule has 0 unspecified atom stereocenters. The Balaban J connectivity index is 0.00000364. The number of aliphatic imine (C=N–C) groups is 1. The Kier molecular flexibility index (Phi) is 11.6. The van der Waals surface area contributed by atoms with Gasteiger partial charge in [0.1, 0.15) is 18.1 Å². The third-order valence-corrected chi connectivity index (χ3v) is 3.81. The van der Waals surface area contributed by atoms with E-state index < -0.39 is 0 Å². The van der Waals surface area contributed by atoms with Crippen molar-refractivity contribution in [2.75, 3.05) is 33.9 Å². The van der Waals surface area contributed by atoms with Crippen LogP contribution in [-0.2, 0) is 17.9 Å². The topological polar surface area (TPSA) is 59.2 Å². The summed E-state index contributed by atoms with van der Waals surface area (Å²) in [6, 6.07) is 11.9. The van der Waals surface area contributed by atoms with Crippen LogP contribution in [0.1, 0.15) is 24.7 Å². The summed E-state index contributed by atoms with van der Waals surface area (Å²) in [7, 11) is 3.72. The van der Waals surface area contributed by atoms with Gasteiger partial charge in [-0.25, -0.2) is 0 Å². The van der Waals surface area contributed by atoms with Crippen LogP contribution >= 0.6 is 24.0 Å². The van der Waals surface area contributed by atoms with E-state index in [2.05, 4.69) is 34.3 Å². The number of methoxy groups -OCH3 is 1. The maximum Gasteiger partial charge on any atom is 0.193 e. The third kappa shape index (κ3) is 8.66. The molecule has 2 aromatic rings. The lowest BCUT2D eigenvalue weighted by molar-refractivity contribution is 0.105. The summed E-state index contributed by atoms with van der Waals surface area (Å²) >= 11 is 0. The number of nitrogens with zero attached hydrogens (tertiary/aromatic N) is 2. The van der Waals surface area contributed by atoms with Crippen LogP contribution in [0.25, 0.3) is 0 Å². The number of nitrogens with one attached hydrogen (secondary N) is 1. The SMILES string of the molecule is CCNC(=NCCCOCc1ccco1)N(C)Cc1ccc(OC)cc1.I. The van der Waals surface area contributed by atoms with E-state index in [0.29, 0.717) is 19.8 Å². The summed E-state index contributed by atoms with van der Waals surface area (Å²) in [5.74, 6) is 2.61. The number of guanidine groups is 1. The quantitative estimate of drug-likeness (QED) is 0.238. The van der Waals surface area contributed by atoms with Gasteiger partial charge in [-0.05, 0) is 43.2 Å². The zero-order valence-corrected chi connectivity index (χ0v) is 18.6. The summed E-state index contributed by atoms with van der Waals surface area (Å²) in [5.41, 5.74) is 1.21. The number of ether oxygens (including phenoxy) is 2. The Labute approximate surface area is 179 Å². The van der Waals surface area contributed by atoms with Crippen molar-refractivity contribution < 1.29 is 13.9 Å². The van der Waals surface area contributed by atoms with E-state index >= 15 is 0 Å². The van der Waals surface area contributed by atoms with E-state index in [-0.39, 0.29) is 24.0 Å². The molecule has 0 aliphatic rings. The number of benzene rings is 1. The first-order valence-corrected chi connectivity index (χ1v) is 8.95. The smallest absolute Gasteiger partial charge is 0.193 e. The third-order valence-electron chi connectivity index (χ3n) is 3.81. The van der Waals surface area contributed by atoms with Gasteiger partial charge in [0.2, 0.25) is 0 Å². The van der Waals surface area contributed by atoms with Gasteiger partial charge < -0.3 is 24.1 Å². The highest BCUT2D eigenvalue weighted by Gasteiger charge is 2.06. The molecule has 0 aliphatic heterocycles. The molecule has 6 nitrogen and oxygen atoms in total. The van der Waals surface area contributed by atoms with Crippen LogP contribution in [0, 0.1) is 0 Å². The van der Waals surface area contributed by atoms with Crippen LogP contribution in [0.5, 0.6) is 5.75 Å². The van der Waals surface area contributed by atoms with Gasteiger partial charge >= 0.3 is 0 Å². The monoisotopic (exact) mass is 487 g/mol. The summed E-state index contributed by atoms with van der Waals surface area (Å²) < 4.78 is 16.0. The van der Waals surface area contributed by atoms with Gasteiger partial charge in [-0.3, -0.25) is 4.99 Å². The van der Waals surface area contributed by atoms with Crippen molar-refractivity contribution in [2.45, 2.75) is 26.5 Å². The molecule has 0 aliphatic carbocycles. The lowest BCUT2D eigenvalue weighted by atomic mass is 10.2. The molecule has 1 aromatic heterocycles. The standard InChI is InChI=1S/C20H29N3O3.HI/c1-4-21-20(22-12-6-13-25-16-19-7-5-14-26-19)23(2)15-17-8-10-18(24-3)11-9-17;/h5,7-11,14H,4,6,12-13,15-16H2,1-3H3,(H,21,22);1H. The molecule has 0 spiro atoms. The van der Waals surface area contributed by atoms with Gasteiger partial charge in [0.25, 0.3) is 0 Å². The number of hydrogen-bond donors (Lipinski definition) is 1. The van der Waals surface area contributed by atoms with E-state index in [9.17, 15) is 0 Å². The summed E-state index contributed by atoms with van der Waals surface area (Å²) in [5, 5.41) is 3.33. The average molecular weight is 487 g/mol. The summed E-state index contributed by atoms with van der Waals surface area (Å²) in [6.45, 7) is 5.57. The molecule has 0 saturated carbocycles. The highest BCUT2D eigenvalue weighted by Crippen LogP contribution is 2.12. The van der Waals surface area contributed by atoms with Crippen molar-refractivity contribution in [3.8, 4) is 5.75 Å². The zero-order valence-electron chi connectivity index (χ0n) is 16.3. The number of halogens is 1. The molecule has 150 valence electrons. The summed E-state index contributed by atoms with van der Waals surface area (Å²) in [6.07, 6.45) is 2.52. The van der Waals surface area contributed by atoms with E-state index in [1.54, 1.807) is 13.4 Å². The minimum absolute atomic E-state index is 0. The Morgan fingerprint density at radius 3 is 2.63 bits per heavy atom. The van der Waals surface area contributed by atoms with Gasteiger partial charge in [0.05, 0.1) is 13.4 Å². The first-order valence-electron chi connectivity index (χ1n) is 8.95. The molecule has 7 heteroatoms. The molecule has 27 heavy (non-hydrogen) atoms. The minimum Gasteiger partial charge on any atom is -0.497 e. The molecular weight excluding hydrogens is 457 g/mol. The first kappa shape index (κ1) is 23.3. The largest absolute Gasteiger partial charge is 0.497 e. The normalized spacial score (nSPS) is 11.0. The molecule has 0 bridgehead atoms. The molecule has 0 fully saturated rings. The van der Waals surface area contributed by atoms with E-state index in [4.69, 9.17) is 13.9 Å². The van der Waals surface area contributed by atoms with Crippen LogP contribution in [0.4, 0.5) is 0 Å². The maximum atomic E-state index is 5.59. The highest BCUT2D eigenvalue weighted by molar-refractivity contribution is 14.0. The molecule has 2 rings (SSSR count). The minimum atomic E-state index is 0. The predicted molar refractivity (Wildman–Crippen MR) is 119 cm³/mol. The van der Waals surface area contributed by atoms with Crippen molar-refractivity contribution in [1.29, 1.82) is 0 Å². The number of furan rings is 1. The van der Waals surface area contributed by atoms with E-state index in [1.165, 1.54) is 5.56 Å². The van der Waals surface area contributed by atoms with Crippen LogP contribution in [-0.4, -0.2) is 44.7 Å². The predicted octanol–water partition coefficient (Wildman–Crippen LogP) is 3.91. The zero-order chi connectivity index (χ0) is 18.6. The lowest BCUT2D eigenvalue weighted by Crippen LogP contribution is -2.38. The second-order valence-corrected chi connectivity index (χ2v) is 5.93. The van der Waals surface area contributed by atoms with Gasteiger partial charge in [-0.15, -0.1) is 24.0 Å².